The maximum absolute atomic E-state index is 13.3. The summed E-state index contributed by atoms with van der Waals surface area (Å²) in [6.07, 6.45) is 5.45. The van der Waals surface area contributed by atoms with Crippen molar-refractivity contribution in [3.63, 3.8) is 0 Å². The van der Waals surface area contributed by atoms with Crippen LogP contribution in [0.25, 0.3) is 10.9 Å². The quantitative estimate of drug-likeness (QED) is 0.676. The molecular formula is C24H22FN3O2. The number of halogens is 1. The number of aromatic nitrogens is 1. The van der Waals surface area contributed by atoms with E-state index in [1.807, 2.05) is 29.2 Å². The van der Waals surface area contributed by atoms with Gasteiger partial charge < -0.3 is 10.2 Å². The number of pyridine rings is 1. The van der Waals surface area contributed by atoms with Crippen LogP contribution in [-0.2, 0) is 6.54 Å². The standard InChI is InChI=1S/C24H22FN3O2/c25-15-10-12-16(13-11-15)26-23(29)21-18-8-4-5-9-20(18)27-22-19(21)14-28(24(22)30)17-6-2-1-3-7-17/h4-5,8-13,17H,1-3,6-7,14H2,(H,26,29). The number of hydrogen-bond donors (Lipinski definition) is 1. The molecular weight excluding hydrogens is 381 g/mol. The lowest BCUT2D eigenvalue weighted by Crippen LogP contribution is -2.37. The summed E-state index contributed by atoms with van der Waals surface area (Å²) in [5.41, 5.74) is 2.67. The SMILES string of the molecule is O=C(Nc1ccc(F)cc1)c1c2c(nc3ccccc13)C(=O)N(C1CCCCC1)C2. The summed E-state index contributed by atoms with van der Waals surface area (Å²) in [5.74, 6) is -0.759. The Kier molecular flexibility index (Phi) is 4.69. The summed E-state index contributed by atoms with van der Waals surface area (Å²) >= 11 is 0. The lowest BCUT2D eigenvalue weighted by molar-refractivity contribution is 0.0655. The monoisotopic (exact) mass is 403 g/mol. The van der Waals surface area contributed by atoms with Crippen LogP contribution in [0.1, 0.15) is 58.5 Å². The Bertz CT molecular complexity index is 1140. The fourth-order valence-electron chi connectivity index (χ4n) is 4.63. The van der Waals surface area contributed by atoms with Crippen molar-refractivity contribution in [2.75, 3.05) is 5.32 Å². The number of rotatable bonds is 3. The van der Waals surface area contributed by atoms with Gasteiger partial charge in [0.25, 0.3) is 11.8 Å². The van der Waals surface area contributed by atoms with Gasteiger partial charge in [-0.25, -0.2) is 9.37 Å². The number of anilines is 1. The first kappa shape index (κ1) is 18.7. The summed E-state index contributed by atoms with van der Waals surface area (Å²) in [6, 6.07) is 13.3. The summed E-state index contributed by atoms with van der Waals surface area (Å²) in [7, 11) is 0. The summed E-state index contributed by atoms with van der Waals surface area (Å²) in [5, 5.41) is 3.57. The average Bonchev–Trinajstić information content (AvgIpc) is 3.10. The van der Waals surface area contributed by atoms with Crippen LogP contribution in [0.2, 0.25) is 0 Å². The third-order valence-corrected chi connectivity index (χ3v) is 6.13. The molecule has 2 aliphatic rings. The molecule has 1 aromatic heterocycles. The maximum Gasteiger partial charge on any atom is 0.273 e. The highest BCUT2D eigenvalue weighted by Crippen LogP contribution is 2.35. The van der Waals surface area contributed by atoms with Gasteiger partial charge in [0.1, 0.15) is 11.5 Å². The highest BCUT2D eigenvalue weighted by atomic mass is 19.1. The first-order chi connectivity index (χ1) is 14.6. The van der Waals surface area contributed by atoms with Crippen LogP contribution in [0.15, 0.2) is 48.5 Å². The van der Waals surface area contributed by atoms with Gasteiger partial charge in [-0.05, 0) is 43.2 Å². The van der Waals surface area contributed by atoms with Crippen LogP contribution in [-0.4, -0.2) is 27.7 Å². The lowest BCUT2D eigenvalue weighted by Gasteiger charge is -2.30. The highest BCUT2D eigenvalue weighted by molar-refractivity contribution is 6.16. The minimum absolute atomic E-state index is 0.0847. The molecule has 1 aliphatic carbocycles. The van der Waals surface area contributed by atoms with E-state index in [4.69, 9.17) is 0 Å². The molecule has 2 heterocycles. The van der Waals surface area contributed by atoms with E-state index in [1.165, 1.54) is 30.7 Å². The summed E-state index contributed by atoms with van der Waals surface area (Å²) < 4.78 is 13.2. The van der Waals surface area contributed by atoms with E-state index in [1.54, 1.807) is 0 Å². The number of nitrogens with one attached hydrogen (secondary N) is 1. The normalized spacial score (nSPS) is 16.7. The van der Waals surface area contributed by atoms with Crippen molar-refractivity contribution in [1.29, 1.82) is 0 Å². The van der Waals surface area contributed by atoms with Gasteiger partial charge in [-0.3, -0.25) is 9.59 Å². The van der Waals surface area contributed by atoms with Crippen molar-refractivity contribution in [2.45, 2.75) is 44.7 Å². The third kappa shape index (κ3) is 3.22. The number of amides is 2. The number of carbonyl (C=O) groups is 2. The van der Waals surface area contributed by atoms with E-state index in [0.29, 0.717) is 40.0 Å². The number of para-hydroxylation sites is 1. The zero-order chi connectivity index (χ0) is 20.7. The predicted molar refractivity (Wildman–Crippen MR) is 113 cm³/mol. The topological polar surface area (TPSA) is 62.3 Å². The molecule has 2 amide bonds. The Morgan fingerprint density at radius 1 is 1.03 bits per heavy atom. The number of carbonyl (C=O) groups excluding carboxylic acids is 2. The maximum atomic E-state index is 13.3. The van der Waals surface area contributed by atoms with Crippen molar-refractivity contribution < 1.29 is 14.0 Å². The van der Waals surface area contributed by atoms with Gasteiger partial charge in [0.15, 0.2) is 0 Å². The van der Waals surface area contributed by atoms with Crippen molar-refractivity contribution in [3.05, 3.63) is 71.2 Å². The van der Waals surface area contributed by atoms with Crippen LogP contribution in [0.5, 0.6) is 0 Å². The molecule has 5 rings (SSSR count). The van der Waals surface area contributed by atoms with Crippen LogP contribution >= 0.6 is 0 Å². The average molecular weight is 403 g/mol. The van der Waals surface area contributed by atoms with Crippen LogP contribution < -0.4 is 5.32 Å². The van der Waals surface area contributed by atoms with E-state index in [0.717, 1.165) is 25.7 Å². The van der Waals surface area contributed by atoms with E-state index in [2.05, 4.69) is 10.3 Å². The Labute approximate surface area is 173 Å². The second-order valence-corrected chi connectivity index (χ2v) is 8.02. The molecule has 0 unspecified atom stereocenters. The lowest BCUT2D eigenvalue weighted by atomic mass is 9.94. The minimum Gasteiger partial charge on any atom is -0.330 e. The molecule has 6 heteroatoms. The van der Waals surface area contributed by atoms with Crippen molar-refractivity contribution in [3.8, 4) is 0 Å². The number of nitrogens with zero attached hydrogens (tertiary/aromatic N) is 2. The first-order valence-electron chi connectivity index (χ1n) is 10.4. The molecule has 1 fully saturated rings. The molecule has 0 radical (unpaired) electrons. The molecule has 0 bridgehead atoms. The van der Waals surface area contributed by atoms with Crippen molar-refractivity contribution in [1.82, 2.24) is 9.88 Å². The van der Waals surface area contributed by atoms with E-state index >= 15 is 0 Å². The second-order valence-electron chi connectivity index (χ2n) is 8.02. The van der Waals surface area contributed by atoms with Gasteiger partial charge in [-0.2, -0.15) is 0 Å². The molecule has 2 aromatic carbocycles. The first-order valence-corrected chi connectivity index (χ1v) is 10.4. The van der Waals surface area contributed by atoms with Crippen molar-refractivity contribution in [2.24, 2.45) is 0 Å². The van der Waals surface area contributed by atoms with E-state index in [9.17, 15) is 14.0 Å². The third-order valence-electron chi connectivity index (χ3n) is 6.13. The Morgan fingerprint density at radius 3 is 2.53 bits per heavy atom. The minimum atomic E-state index is -0.364. The van der Waals surface area contributed by atoms with Gasteiger partial charge >= 0.3 is 0 Å². The number of fused-ring (bicyclic) bond motifs is 2. The second kappa shape index (κ2) is 7.52. The van der Waals surface area contributed by atoms with Crippen molar-refractivity contribution >= 4 is 28.4 Å². The molecule has 0 saturated heterocycles. The zero-order valence-corrected chi connectivity index (χ0v) is 16.5. The van der Waals surface area contributed by atoms with Gasteiger partial charge in [0.2, 0.25) is 0 Å². The Balaban J connectivity index is 1.57. The molecule has 1 saturated carbocycles. The Hall–Kier alpha value is -3.28. The molecule has 0 spiro atoms. The molecule has 30 heavy (non-hydrogen) atoms. The van der Waals surface area contributed by atoms with E-state index < -0.39 is 0 Å². The molecule has 1 N–H and O–H groups in total. The largest absolute Gasteiger partial charge is 0.330 e. The number of hydrogen-bond acceptors (Lipinski definition) is 3. The van der Waals surface area contributed by atoms with E-state index in [-0.39, 0.29) is 23.7 Å². The van der Waals surface area contributed by atoms with Crippen LogP contribution in [0, 0.1) is 5.82 Å². The predicted octanol–water partition coefficient (Wildman–Crippen LogP) is 4.91. The Morgan fingerprint density at radius 2 is 1.77 bits per heavy atom. The molecule has 5 nitrogen and oxygen atoms in total. The fraction of sp³-hybridized carbons (Fsp3) is 0.292. The van der Waals surface area contributed by atoms with Gasteiger partial charge in [0.05, 0.1) is 11.1 Å². The van der Waals surface area contributed by atoms with Gasteiger partial charge in [-0.15, -0.1) is 0 Å². The molecule has 3 aromatic rings. The fourth-order valence-corrected chi connectivity index (χ4v) is 4.63. The zero-order valence-electron chi connectivity index (χ0n) is 16.5. The molecule has 0 atom stereocenters. The highest BCUT2D eigenvalue weighted by Gasteiger charge is 2.38. The van der Waals surface area contributed by atoms with Gasteiger partial charge in [0, 0.05) is 29.2 Å². The molecule has 152 valence electrons. The molecule has 1 aliphatic heterocycles. The van der Waals surface area contributed by atoms with Crippen LogP contribution in [0.3, 0.4) is 0 Å². The van der Waals surface area contributed by atoms with Crippen LogP contribution in [0.4, 0.5) is 10.1 Å². The number of benzene rings is 2. The van der Waals surface area contributed by atoms with Gasteiger partial charge in [-0.1, -0.05) is 37.5 Å². The summed E-state index contributed by atoms with van der Waals surface area (Å²) in [4.78, 5) is 33.0. The summed E-state index contributed by atoms with van der Waals surface area (Å²) in [6.45, 7) is 0.406. The smallest absolute Gasteiger partial charge is 0.273 e.